The Hall–Kier alpha value is -6.52. The van der Waals surface area contributed by atoms with Crippen LogP contribution in [-0.2, 0) is 0 Å². The highest BCUT2D eigenvalue weighted by Crippen LogP contribution is 2.31. The topological polar surface area (TPSA) is 51.6 Å². The Labute approximate surface area is 278 Å². The molecule has 4 heterocycles. The molecule has 0 radical (unpaired) electrons. The summed E-state index contributed by atoms with van der Waals surface area (Å²) in [5, 5.41) is 3.27. The minimum Gasteiger partial charge on any atom is -0.255 e. The molecule has 4 heteroatoms. The van der Waals surface area contributed by atoms with Crippen LogP contribution in [0.25, 0.3) is 88.9 Å². The van der Waals surface area contributed by atoms with E-state index in [4.69, 9.17) is 15.0 Å². The monoisotopic (exact) mass is 612 g/mol. The molecule has 0 amide bonds. The van der Waals surface area contributed by atoms with E-state index >= 15 is 0 Å². The van der Waals surface area contributed by atoms with E-state index in [0.29, 0.717) is 0 Å². The minimum atomic E-state index is 0.879. The van der Waals surface area contributed by atoms with Gasteiger partial charge in [-0.2, -0.15) is 0 Å². The Kier molecular flexibility index (Phi) is 6.76. The number of rotatable bonds is 5. The normalized spacial score (nSPS) is 11.3. The zero-order valence-corrected chi connectivity index (χ0v) is 26.0. The van der Waals surface area contributed by atoms with Crippen LogP contribution in [0.3, 0.4) is 0 Å². The molecular formula is C44H28N4. The molecule has 4 aromatic heterocycles. The molecule has 0 bridgehead atoms. The number of benzene rings is 5. The van der Waals surface area contributed by atoms with Crippen LogP contribution in [0.2, 0.25) is 0 Å². The first kappa shape index (κ1) is 27.8. The highest BCUT2D eigenvalue weighted by atomic mass is 14.8. The SMILES string of the molecule is c1ccc(-c2ccc3ccc4ccc(-c5ccc(-c6ccc(-c7ccc8nc(-c9ccccn9)ccc8c7)cc6)cc5)nc4c3n2)cc1. The van der Waals surface area contributed by atoms with E-state index in [9.17, 15) is 0 Å². The van der Waals surface area contributed by atoms with Crippen LogP contribution in [0.1, 0.15) is 0 Å². The van der Waals surface area contributed by atoms with Gasteiger partial charge in [0.05, 0.1) is 39.3 Å². The lowest BCUT2D eigenvalue weighted by Gasteiger charge is -2.09. The van der Waals surface area contributed by atoms with Crippen molar-refractivity contribution < 1.29 is 0 Å². The Morgan fingerprint density at radius 3 is 1.42 bits per heavy atom. The molecule has 0 saturated carbocycles. The van der Waals surface area contributed by atoms with Crippen LogP contribution >= 0.6 is 0 Å². The molecule has 0 atom stereocenters. The van der Waals surface area contributed by atoms with E-state index in [1.54, 1.807) is 6.20 Å². The average molecular weight is 613 g/mol. The molecular weight excluding hydrogens is 585 g/mol. The fourth-order valence-electron chi connectivity index (χ4n) is 6.35. The minimum absolute atomic E-state index is 0.879. The molecule has 0 aliphatic carbocycles. The van der Waals surface area contributed by atoms with Gasteiger partial charge < -0.3 is 0 Å². The van der Waals surface area contributed by atoms with Crippen LogP contribution in [-0.4, -0.2) is 19.9 Å². The molecule has 0 saturated heterocycles. The smallest absolute Gasteiger partial charge is 0.0972 e. The summed E-state index contributed by atoms with van der Waals surface area (Å²) >= 11 is 0. The van der Waals surface area contributed by atoms with Crippen LogP contribution < -0.4 is 0 Å². The van der Waals surface area contributed by atoms with Crippen molar-refractivity contribution >= 4 is 32.7 Å². The van der Waals surface area contributed by atoms with Gasteiger partial charge in [0.2, 0.25) is 0 Å². The van der Waals surface area contributed by atoms with Gasteiger partial charge in [-0.25, -0.2) is 15.0 Å². The summed E-state index contributed by atoms with van der Waals surface area (Å²) in [5.74, 6) is 0. The largest absolute Gasteiger partial charge is 0.255 e. The number of pyridine rings is 4. The molecule has 0 fully saturated rings. The molecule has 0 N–H and O–H groups in total. The quantitative estimate of drug-likeness (QED) is 0.181. The third-order valence-corrected chi connectivity index (χ3v) is 8.94. The van der Waals surface area contributed by atoms with E-state index in [1.165, 1.54) is 11.1 Å². The van der Waals surface area contributed by atoms with Gasteiger partial charge in [0.25, 0.3) is 0 Å². The number of aromatic nitrogens is 4. The number of nitrogens with zero attached hydrogens (tertiary/aromatic N) is 4. The fraction of sp³-hybridized carbons (Fsp3) is 0. The summed E-state index contributed by atoms with van der Waals surface area (Å²) in [6.07, 6.45) is 1.80. The number of hydrogen-bond acceptors (Lipinski definition) is 4. The van der Waals surface area contributed by atoms with E-state index in [1.807, 2.05) is 42.5 Å². The maximum atomic E-state index is 5.13. The summed E-state index contributed by atoms with van der Waals surface area (Å²) in [6.45, 7) is 0. The van der Waals surface area contributed by atoms with Gasteiger partial charge in [0, 0.05) is 33.5 Å². The summed E-state index contributed by atoms with van der Waals surface area (Å²) in [7, 11) is 0. The van der Waals surface area contributed by atoms with Crippen molar-refractivity contribution in [2.75, 3.05) is 0 Å². The van der Waals surface area contributed by atoms with Gasteiger partial charge in [-0.15, -0.1) is 0 Å². The Balaban J connectivity index is 0.981. The first-order chi connectivity index (χ1) is 23.7. The van der Waals surface area contributed by atoms with Gasteiger partial charge in [0.15, 0.2) is 0 Å². The first-order valence-electron chi connectivity index (χ1n) is 16.0. The van der Waals surface area contributed by atoms with Crippen molar-refractivity contribution in [2.24, 2.45) is 0 Å². The molecule has 48 heavy (non-hydrogen) atoms. The molecule has 224 valence electrons. The van der Waals surface area contributed by atoms with Crippen molar-refractivity contribution in [1.82, 2.24) is 19.9 Å². The Morgan fingerprint density at radius 2 is 0.792 bits per heavy atom. The zero-order valence-electron chi connectivity index (χ0n) is 26.0. The van der Waals surface area contributed by atoms with Crippen LogP contribution in [0, 0.1) is 0 Å². The molecule has 0 unspecified atom stereocenters. The fourth-order valence-corrected chi connectivity index (χ4v) is 6.35. The predicted octanol–water partition coefficient (Wildman–Crippen LogP) is 11.1. The molecule has 0 aliphatic rings. The highest BCUT2D eigenvalue weighted by molar-refractivity contribution is 6.04. The van der Waals surface area contributed by atoms with Gasteiger partial charge >= 0.3 is 0 Å². The van der Waals surface area contributed by atoms with E-state index in [-0.39, 0.29) is 0 Å². The molecule has 9 rings (SSSR count). The maximum absolute atomic E-state index is 5.13. The van der Waals surface area contributed by atoms with Gasteiger partial charge in [-0.05, 0) is 64.7 Å². The lowest BCUT2D eigenvalue weighted by molar-refractivity contribution is 1.28. The van der Waals surface area contributed by atoms with E-state index in [0.717, 1.165) is 77.7 Å². The first-order valence-corrected chi connectivity index (χ1v) is 16.0. The molecule has 0 spiro atoms. The predicted molar refractivity (Wildman–Crippen MR) is 197 cm³/mol. The van der Waals surface area contributed by atoms with Crippen molar-refractivity contribution in [3.05, 3.63) is 170 Å². The third-order valence-electron chi connectivity index (χ3n) is 8.94. The van der Waals surface area contributed by atoms with E-state index < -0.39 is 0 Å². The number of fused-ring (bicyclic) bond motifs is 4. The Morgan fingerprint density at radius 1 is 0.292 bits per heavy atom. The van der Waals surface area contributed by atoms with Crippen molar-refractivity contribution in [2.45, 2.75) is 0 Å². The lowest BCUT2D eigenvalue weighted by atomic mass is 9.98. The van der Waals surface area contributed by atoms with E-state index in [2.05, 4.69) is 126 Å². The second kappa shape index (κ2) is 11.7. The van der Waals surface area contributed by atoms with Crippen molar-refractivity contribution in [3.63, 3.8) is 0 Å². The van der Waals surface area contributed by atoms with Crippen molar-refractivity contribution in [1.29, 1.82) is 0 Å². The zero-order chi connectivity index (χ0) is 31.9. The average Bonchev–Trinajstić information content (AvgIpc) is 3.18. The Bertz CT molecular complexity index is 2580. The van der Waals surface area contributed by atoms with Crippen LogP contribution in [0.5, 0.6) is 0 Å². The van der Waals surface area contributed by atoms with Crippen LogP contribution in [0.4, 0.5) is 0 Å². The molecule has 0 aliphatic heterocycles. The number of hydrogen-bond donors (Lipinski definition) is 0. The second-order valence-electron chi connectivity index (χ2n) is 11.9. The molecule has 9 aromatic rings. The summed E-state index contributed by atoms with van der Waals surface area (Å²) in [6, 6.07) is 56.9. The third kappa shape index (κ3) is 5.16. The maximum Gasteiger partial charge on any atom is 0.0972 e. The highest BCUT2D eigenvalue weighted by Gasteiger charge is 2.10. The van der Waals surface area contributed by atoms with Gasteiger partial charge in [-0.3, -0.25) is 4.98 Å². The second-order valence-corrected chi connectivity index (χ2v) is 11.9. The molecule has 5 aromatic carbocycles. The standard InChI is InChI=1S/C44H28N4/c1-2-6-32(7-3-1)38-23-19-34-17-18-35-20-24-39(48-44(35)43(34)47-38)33-15-13-30(14-16-33)29-9-11-31(12-10-29)36-21-25-40-37(28-36)22-26-42(46-40)41-8-4-5-27-45-41/h1-28H. The molecule has 4 nitrogen and oxygen atoms in total. The van der Waals surface area contributed by atoms with Gasteiger partial charge in [-0.1, -0.05) is 121 Å². The lowest BCUT2D eigenvalue weighted by Crippen LogP contribution is -1.91. The summed E-state index contributed by atoms with van der Waals surface area (Å²) in [4.78, 5) is 19.5. The summed E-state index contributed by atoms with van der Waals surface area (Å²) in [5.41, 5.74) is 13.3. The van der Waals surface area contributed by atoms with Gasteiger partial charge in [0.1, 0.15) is 0 Å². The summed E-state index contributed by atoms with van der Waals surface area (Å²) < 4.78 is 0. The van der Waals surface area contributed by atoms with Crippen LogP contribution in [0.15, 0.2) is 170 Å². The van der Waals surface area contributed by atoms with Crippen molar-refractivity contribution in [3.8, 4) is 56.2 Å².